The molecule has 0 fully saturated rings. The number of methoxy groups -OCH3 is 1. The van der Waals surface area contributed by atoms with Crippen LogP contribution in [0.4, 0.5) is 10.5 Å². The average molecular weight is 284 g/mol. The van der Waals surface area contributed by atoms with Crippen molar-refractivity contribution in [1.82, 2.24) is 5.32 Å². The summed E-state index contributed by atoms with van der Waals surface area (Å²) in [5, 5.41) is 5.63. The van der Waals surface area contributed by atoms with Crippen LogP contribution in [0.5, 0.6) is 5.75 Å². The molecule has 2 rings (SSSR count). The molecule has 2 aromatic carbocycles. The summed E-state index contributed by atoms with van der Waals surface area (Å²) < 4.78 is 5.25. The number of hydrogen-bond donors (Lipinski definition) is 2. The monoisotopic (exact) mass is 284 g/mol. The molecule has 0 aliphatic heterocycles. The summed E-state index contributed by atoms with van der Waals surface area (Å²) in [5.74, 6) is 0.769. The van der Waals surface area contributed by atoms with E-state index in [-0.39, 0.29) is 6.03 Å². The third-order valence-corrected chi connectivity index (χ3v) is 3.25. The Hall–Kier alpha value is -2.49. The lowest BCUT2D eigenvalue weighted by atomic mass is 10.1. The minimum absolute atomic E-state index is 0.231. The van der Waals surface area contributed by atoms with Crippen molar-refractivity contribution < 1.29 is 9.53 Å². The van der Waals surface area contributed by atoms with E-state index >= 15 is 0 Å². The van der Waals surface area contributed by atoms with Crippen LogP contribution >= 0.6 is 0 Å². The largest absolute Gasteiger partial charge is 0.496 e. The Balaban J connectivity index is 1.89. The number of para-hydroxylation sites is 1. The van der Waals surface area contributed by atoms with Gasteiger partial charge in [-0.3, -0.25) is 0 Å². The first kappa shape index (κ1) is 14.9. The van der Waals surface area contributed by atoms with Gasteiger partial charge < -0.3 is 15.4 Å². The van der Waals surface area contributed by atoms with Gasteiger partial charge >= 0.3 is 6.03 Å². The van der Waals surface area contributed by atoms with E-state index in [2.05, 4.69) is 17.6 Å². The van der Waals surface area contributed by atoms with Crippen LogP contribution in [0.3, 0.4) is 0 Å². The van der Waals surface area contributed by atoms with Crippen LogP contribution in [-0.2, 0) is 13.0 Å². The van der Waals surface area contributed by atoms with Crippen LogP contribution in [0, 0.1) is 0 Å². The molecule has 0 atom stereocenters. The molecule has 110 valence electrons. The minimum atomic E-state index is -0.231. The van der Waals surface area contributed by atoms with E-state index in [4.69, 9.17) is 4.74 Å². The highest BCUT2D eigenvalue weighted by Crippen LogP contribution is 2.16. The standard InChI is InChI=1S/C17H20N2O2/c1-3-13-8-10-15(11-9-13)19-17(20)18-12-14-6-4-5-7-16(14)21-2/h4-11H,3,12H2,1-2H3,(H2,18,19,20). The number of benzene rings is 2. The van der Waals surface area contributed by atoms with Crippen molar-refractivity contribution in [3.8, 4) is 5.75 Å². The quantitative estimate of drug-likeness (QED) is 0.881. The summed E-state index contributed by atoms with van der Waals surface area (Å²) in [7, 11) is 1.62. The number of ether oxygens (including phenoxy) is 1. The van der Waals surface area contributed by atoms with Gasteiger partial charge in [0.25, 0.3) is 0 Å². The highest BCUT2D eigenvalue weighted by molar-refractivity contribution is 5.89. The molecule has 2 amide bonds. The molecule has 0 heterocycles. The summed E-state index contributed by atoms with van der Waals surface area (Å²) >= 11 is 0. The Morgan fingerprint density at radius 2 is 1.81 bits per heavy atom. The van der Waals surface area contributed by atoms with Crippen molar-refractivity contribution in [3.05, 3.63) is 59.7 Å². The summed E-state index contributed by atoms with van der Waals surface area (Å²) in [4.78, 5) is 11.9. The van der Waals surface area contributed by atoms with Crippen LogP contribution in [0.1, 0.15) is 18.1 Å². The van der Waals surface area contributed by atoms with Gasteiger partial charge in [-0.1, -0.05) is 37.3 Å². The smallest absolute Gasteiger partial charge is 0.319 e. The summed E-state index contributed by atoms with van der Waals surface area (Å²) in [5.41, 5.74) is 2.97. The SMILES string of the molecule is CCc1ccc(NC(=O)NCc2ccccc2OC)cc1. The van der Waals surface area contributed by atoms with Crippen molar-refractivity contribution in [2.24, 2.45) is 0 Å². The molecule has 21 heavy (non-hydrogen) atoms. The van der Waals surface area contributed by atoms with Gasteiger partial charge in [-0.25, -0.2) is 4.79 Å². The third-order valence-electron chi connectivity index (χ3n) is 3.25. The van der Waals surface area contributed by atoms with Gasteiger partial charge in [0.15, 0.2) is 0 Å². The lowest BCUT2D eigenvalue weighted by molar-refractivity contribution is 0.251. The van der Waals surface area contributed by atoms with Gasteiger partial charge in [0.05, 0.1) is 7.11 Å². The van der Waals surface area contributed by atoms with E-state index in [1.807, 2.05) is 48.5 Å². The molecule has 0 bridgehead atoms. The maximum atomic E-state index is 11.9. The summed E-state index contributed by atoms with van der Waals surface area (Å²) in [6.45, 7) is 2.52. The van der Waals surface area contributed by atoms with E-state index in [9.17, 15) is 4.79 Å². The lowest BCUT2D eigenvalue weighted by Crippen LogP contribution is -2.28. The van der Waals surface area contributed by atoms with Crippen LogP contribution in [0.25, 0.3) is 0 Å². The predicted octanol–water partition coefficient (Wildman–Crippen LogP) is 3.58. The predicted molar refractivity (Wildman–Crippen MR) is 84.7 cm³/mol. The first-order chi connectivity index (χ1) is 10.2. The summed E-state index contributed by atoms with van der Waals surface area (Å²) in [6, 6.07) is 15.2. The second-order valence-electron chi connectivity index (χ2n) is 4.67. The molecule has 0 spiro atoms. The molecule has 4 nitrogen and oxygen atoms in total. The van der Waals surface area contributed by atoms with Crippen molar-refractivity contribution in [2.75, 3.05) is 12.4 Å². The average Bonchev–Trinajstić information content (AvgIpc) is 2.54. The molecular weight excluding hydrogens is 264 g/mol. The fraction of sp³-hybridized carbons (Fsp3) is 0.235. The van der Waals surface area contributed by atoms with Gasteiger partial charge in [-0.15, -0.1) is 0 Å². The van der Waals surface area contributed by atoms with E-state index in [1.54, 1.807) is 7.11 Å². The number of anilines is 1. The Bertz CT molecular complexity index is 594. The number of nitrogens with one attached hydrogen (secondary N) is 2. The molecule has 2 N–H and O–H groups in total. The number of hydrogen-bond acceptors (Lipinski definition) is 2. The minimum Gasteiger partial charge on any atom is -0.496 e. The number of carbonyl (C=O) groups is 1. The highest BCUT2D eigenvalue weighted by Gasteiger charge is 2.05. The van der Waals surface area contributed by atoms with Crippen LogP contribution in [-0.4, -0.2) is 13.1 Å². The first-order valence-electron chi connectivity index (χ1n) is 6.98. The maximum Gasteiger partial charge on any atom is 0.319 e. The Morgan fingerprint density at radius 3 is 2.48 bits per heavy atom. The fourth-order valence-corrected chi connectivity index (χ4v) is 2.02. The van der Waals surface area contributed by atoms with Crippen molar-refractivity contribution in [2.45, 2.75) is 19.9 Å². The van der Waals surface area contributed by atoms with Gasteiger partial charge in [0.1, 0.15) is 5.75 Å². The Kier molecular flexibility index (Phi) is 5.21. The zero-order chi connectivity index (χ0) is 15.1. The molecule has 4 heteroatoms. The molecule has 0 saturated carbocycles. The number of rotatable bonds is 5. The fourth-order valence-electron chi connectivity index (χ4n) is 2.02. The van der Waals surface area contributed by atoms with Crippen LogP contribution in [0.15, 0.2) is 48.5 Å². The maximum absolute atomic E-state index is 11.9. The third kappa shape index (κ3) is 4.24. The number of aryl methyl sites for hydroxylation is 1. The molecular formula is C17H20N2O2. The molecule has 0 radical (unpaired) electrons. The van der Waals surface area contributed by atoms with E-state index in [0.717, 1.165) is 23.4 Å². The molecule has 0 aliphatic rings. The molecule has 2 aromatic rings. The lowest BCUT2D eigenvalue weighted by Gasteiger charge is -2.10. The second kappa shape index (κ2) is 7.33. The van der Waals surface area contributed by atoms with Gasteiger partial charge in [-0.2, -0.15) is 0 Å². The van der Waals surface area contributed by atoms with Crippen molar-refractivity contribution in [3.63, 3.8) is 0 Å². The number of carbonyl (C=O) groups excluding carboxylic acids is 1. The normalized spacial score (nSPS) is 10.0. The van der Waals surface area contributed by atoms with Crippen molar-refractivity contribution in [1.29, 1.82) is 0 Å². The topological polar surface area (TPSA) is 50.4 Å². The van der Waals surface area contributed by atoms with Gasteiger partial charge in [-0.05, 0) is 30.2 Å². The molecule has 0 unspecified atom stereocenters. The second-order valence-corrected chi connectivity index (χ2v) is 4.67. The van der Waals surface area contributed by atoms with Gasteiger partial charge in [0, 0.05) is 17.8 Å². The summed E-state index contributed by atoms with van der Waals surface area (Å²) in [6.07, 6.45) is 0.986. The van der Waals surface area contributed by atoms with Crippen molar-refractivity contribution >= 4 is 11.7 Å². The number of amides is 2. The molecule has 0 saturated heterocycles. The van der Waals surface area contributed by atoms with Gasteiger partial charge in [0.2, 0.25) is 0 Å². The highest BCUT2D eigenvalue weighted by atomic mass is 16.5. The van der Waals surface area contributed by atoms with Crippen LogP contribution < -0.4 is 15.4 Å². The van der Waals surface area contributed by atoms with E-state index in [1.165, 1.54) is 5.56 Å². The zero-order valence-electron chi connectivity index (χ0n) is 12.3. The molecule has 0 aliphatic carbocycles. The number of urea groups is 1. The van der Waals surface area contributed by atoms with E-state index in [0.29, 0.717) is 6.54 Å². The Labute approximate surface area is 125 Å². The molecule has 0 aromatic heterocycles. The first-order valence-corrected chi connectivity index (χ1v) is 6.98. The Morgan fingerprint density at radius 1 is 1.10 bits per heavy atom. The van der Waals surface area contributed by atoms with E-state index < -0.39 is 0 Å². The van der Waals surface area contributed by atoms with Crippen LogP contribution in [0.2, 0.25) is 0 Å². The zero-order valence-corrected chi connectivity index (χ0v) is 12.3.